The summed E-state index contributed by atoms with van der Waals surface area (Å²) >= 11 is 0. The first-order chi connectivity index (χ1) is 9.49. The Morgan fingerprint density at radius 3 is 2.55 bits per heavy atom. The average molecular weight is 277 g/mol. The summed E-state index contributed by atoms with van der Waals surface area (Å²) in [5, 5.41) is 12.6. The maximum absolute atomic E-state index is 11.4. The topological polar surface area (TPSA) is 75.1 Å². The summed E-state index contributed by atoms with van der Waals surface area (Å²) in [6.45, 7) is 6.02. The van der Waals surface area contributed by atoms with Gasteiger partial charge >= 0.3 is 5.97 Å². The van der Waals surface area contributed by atoms with E-state index >= 15 is 0 Å². The molecule has 1 atom stereocenters. The molecular weight excluding hydrogens is 254 g/mol. The third-order valence-electron chi connectivity index (χ3n) is 4.02. The number of hydrogen-bond donors (Lipinski definition) is 2. The summed E-state index contributed by atoms with van der Waals surface area (Å²) in [6, 6.07) is 0.254. The number of aromatic carboxylic acids is 1. The third kappa shape index (κ3) is 3.26. The standard InChI is InChI=1S/C15H23N3O2/c1-9(2)14-16-8-12(13(18-14)15(19)20)17-10(3)11-6-4-5-7-11/h8-11,17H,4-7H2,1-3H3,(H,19,20). The average Bonchev–Trinajstić information content (AvgIpc) is 2.92. The number of rotatable bonds is 5. The van der Waals surface area contributed by atoms with Gasteiger partial charge in [-0.05, 0) is 25.7 Å². The van der Waals surface area contributed by atoms with Gasteiger partial charge < -0.3 is 10.4 Å². The maximum Gasteiger partial charge on any atom is 0.356 e. The van der Waals surface area contributed by atoms with E-state index in [1.54, 1.807) is 6.20 Å². The molecule has 1 aliphatic rings. The smallest absolute Gasteiger partial charge is 0.356 e. The molecule has 1 saturated carbocycles. The molecule has 2 N–H and O–H groups in total. The number of carboxylic acids is 1. The molecule has 20 heavy (non-hydrogen) atoms. The molecule has 2 rings (SSSR count). The van der Waals surface area contributed by atoms with Crippen LogP contribution in [0.25, 0.3) is 0 Å². The van der Waals surface area contributed by atoms with Crippen molar-refractivity contribution in [2.45, 2.75) is 58.4 Å². The van der Waals surface area contributed by atoms with Gasteiger partial charge in [-0.3, -0.25) is 0 Å². The molecule has 0 amide bonds. The lowest BCUT2D eigenvalue weighted by molar-refractivity contribution is 0.0691. The summed E-state index contributed by atoms with van der Waals surface area (Å²) in [5.41, 5.74) is 0.606. The van der Waals surface area contributed by atoms with Crippen molar-refractivity contribution in [3.63, 3.8) is 0 Å². The molecule has 110 valence electrons. The van der Waals surface area contributed by atoms with Crippen LogP contribution in [0.5, 0.6) is 0 Å². The van der Waals surface area contributed by atoms with Crippen LogP contribution in [-0.2, 0) is 0 Å². The number of hydrogen-bond acceptors (Lipinski definition) is 4. The highest BCUT2D eigenvalue weighted by molar-refractivity contribution is 5.91. The summed E-state index contributed by atoms with van der Waals surface area (Å²) < 4.78 is 0. The summed E-state index contributed by atoms with van der Waals surface area (Å²) in [7, 11) is 0. The molecule has 0 aromatic carbocycles. The van der Waals surface area contributed by atoms with Gasteiger partial charge in [0.2, 0.25) is 0 Å². The second-order valence-electron chi connectivity index (χ2n) is 5.93. The molecule has 0 bridgehead atoms. The van der Waals surface area contributed by atoms with Gasteiger partial charge in [0.1, 0.15) is 5.82 Å². The van der Waals surface area contributed by atoms with Crippen LogP contribution in [0.4, 0.5) is 5.69 Å². The molecule has 0 radical (unpaired) electrons. The Kier molecular flexibility index (Phi) is 4.57. The number of carbonyl (C=O) groups is 1. The quantitative estimate of drug-likeness (QED) is 0.863. The zero-order chi connectivity index (χ0) is 14.7. The molecule has 1 aliphatic carbocycles. The molecule has 1 aromatic rings. The highest BCUT2D eigenvalue weighted by Gasteiger charge is 2.23. The van der Waals surface area contributed by atoms with Gasteiger partial charge in [-0.1, -0.05) is 26.7 Å². The van der Waals surface area contributed by atoms with Crippen molar-refractivity contribution >= 4 is 11.7 Å². The summed E-state index contributed by atoms with van der Waals surface area (Å²) in [6.07, 6.45) is 6.57. The van der Waals surface area contributed by atoms with E-state index in [0.29, 0.717) is 17.4 Å². The molecular formula is C15H23N3O2. The number of nitrogens with one attached hydrogen (secondary N) is 1. The Morgan fingerprint density at radius 2 is 2.00 bits per heavy atom. The van der Waals surface area contributed by atoms with E-state index in [0.717, 1.165) is 0 Å². The number of nitrogens with zero attached hydrogens (tertiary/aromatic N) is 2. The van der Waals surface area contributed by atoms with Crippen molar-refractivity contribution < 1.29 is 9.90 Å². The lowest BCUT2D eigenvalue weighted by Gasteiger charge is -2.22. The van der Waals surface area contributed by atoms with Gasteiger partial charge in [0.05, 0.1) is 11.9 Å². The van der Waals surface area contributed by atoms with Crippen LogP contribution < -0.4 is 5.32 Å². The first kappa shape index (κ1) is 14.8. The summed E-state index contributed by atoms with van der Waals surface area (Å²) in [5.74, 6) is 0.299. The van der Waals surface area contributed by atoms with Gasteiger partial charge in [-0.2, -0.15) is 0 Å². The third-order valence-corrected chi connectivity index (χ3v) is 4.02. The van der Waals surface area contributed by atoms with Crippen LogP contribution in [-0.4, -0.2) is 27.1 Å². The SMILES string of the molecule is CC(C)c1ncc(NC(C)C2CCCC2)c(C(=O)O)n1. The number of carboxylic acid groups (broad SMARTS) is 1. The van der Waals surface area contributed by atoms with Gasteiger partial charge in [-0.15, -0.1) is 0 Å². The molecule has 5 nitrogen and oxygen atoms in total. The highest BCUT2D eigenvalue weighted by Crippen LogP contribution is 2.29. The molecule has 5 heteroatoms. The molecule has 0 saturated heterocycles. The van der Waals surface area contributed by atoms with Gasteiger partial charge in [0.25, 0.3) is 0 Å². The minimum absolute atomic E-state index is 0.0774. The molecule has 1 fully saturated rings. The molecule has 0 aliphatic heterocycles. The maximum atomic E-state index is 11.4. The first-order valence-electron chi connectivity index (χ1n) is 7.35. The molecule has 1 aromatic heterocycles. The fourth-order valence-electron chi connectivity index (χ4n) is 2.76. The number of anilines is 1. The van der Waals surface area contributed by atoms with Crippen molar-refractivity contribution in [2.75, 3.05) is 5.32 Å². The van der Waals surface area contributed by atoms with Crippen molar-refractivity contribution in [2.24, 2.45) is 5.92 Å². The van der Waals surface area contributed by atoms with Crippen LogP contribution >= 0.6 is 0 Å². The zero-order valence-corrected chi connectivity index (χ0v) is 12.4. The van der Waals surface area contributed by atoms with Crippen molar-refractivity contribution in [3.8, 4) is 0 Å². The van der Waals surface area contributed by atoms with Crippen molar-refractivity contribution in [3.05, 3.63) is 17.7 Å². The Bertz CT molecular complexity index is 482. The van der Waals surface area contributed by atoms with Crippen molar-refractivity contribution in [1.29, 1.82) is 0 Å². The fourth-order valence-corrected chi connectivity index (χ4v) is 2.76. The van der Waals surface area contributed by atoms with Crippen LogP contribution in [0.3, 0.4) is 0 Å². The minimum atomic E-state index is -1.00. The van der Waals surface area contributed by atoms with E-state index in [1.807, 2.05) is 13.8 Å². The van der Waals surface area contributed by atoms with Gasteiger partial charge in [0.15, 0.2) is 5.69 Å². The predicted molar refractivity (Wildman–Crippen MR) is 78.1 cm³/mol. The highest BCUT2D eigenvalue weighted by atomic mass is 16.4. The van der Waals surface area contributed by atoms with Crippen LogP contribution in [0.1, 0.15) is 68.7 Å². The monoisotopic (exact) mass is 277 g/mol. The lowest BCUT2D eigenvalue weighted by atomic mass is 9.99. The zero-order valence-electron chi connectivity index (χ0n) is 12.4. The second-order valence-corrected chi connectivity index (χ2v) is 5.93. The van der Waals surface area contributed by atoms with Gasteiger partial charge in [-0.25, -0.2) is 14.8 Å². The van der Waals surface area contributed by atoms with E-state index in [4.69, 9.17) is 0 Å². The molecule has 1 unspecified atom stereocenters. The minimum Gasteiger partial charge on any atom is -0.476 e. The Labute approximate surface area is 119 Å². The summed E-state index contributed by atoms with van der Waals surface area (Å²) in [4.78, 5) is 19.8. The van der Waals surface area contributed by atoms with Crippen LogP contribution in [0, 0.1) is 5.92 Å². The van der Waals surface area contributed by atoms with E-state index < -0.39 is 5.97 Å². The molecule has 0 spiro atoms. The Hall–Kier alpha value is -1.65. The largest absolute Gasteiger partial charge is 0.476 e. The van der Waals surface area contributed by atoms with E-state index in [9.17, 15) is 9.90 Å². The van der Waals surface area contributed by atoms with Gasteiger partial charge in [0, 0.05) is 12.0 Å². The van der Waals surface area contributed by atoms with Crippen LogP contribution in [0.15, 0.2) is 6.20 Å². The first-order valence-corrected chi connectivity index (χ1v) is 7.35. The van der Waals surface area contributed by atoms with E-state index in [-0.39, 0.29) is 17.7 Å². The predicted octanol–water partition coefficient (Wildman–Crippen LogP) is 3.29. The lowest BCUT2D eigenvalue weighted by Crippen LogP contribution is -2.25. The second kappa shape index (κ2) is 6.20. The normalized spacial score (nSPS) is 17.4. The van der Waals surface area contributed by atoms with E-state index in [2.05, 4.69) is 22.2 Å². The molecule has 1 heterocycles. The van der Waals surface area contributed by atoms with Crippen molar-refractivity contribution in [1.82, 2.24) is 9.97 Å². The Balaban J connectivity index is 2.19. The van der Waals surface area contributed by atoms with Crippen LogP contribution in [0.2, 0.25) is 0 Å². The fraction of sp³-hybridized carbons (Fsp3) is 0.667. The Morgan fingerprint density at radius 1 is 1.35 bits per heavy atom. The number of aromatic nitrogens is 2. The van der Waals surface area contributed by atoms with E-state index in [1.165, 1.54) is 25.7 Å².